The van der Waals surface area contributed by atoms with Crippen LogP contribution in [0.2, 0.25) is 0 Å². The van der Waals surface area contributed by atoms with Gasteiger partial charge in [-0.25, -0.2) is 0 Å². The molecule has 3 N–H and O–H groups in total. The van der Waals surface area contributed by atoms with Crippen molar-refractivity contribution in [2.45, 2.75) is 44.9 Å². The van der Waals surface area contributed by atoms with Crippen LogP contribution in [0.15, 0.2) is 30.3 Å². The van der Waals surface area contributed by atoms with Crippen molar-refractivity contribution in [3.8, 4) is 0 Å². The van der Waals surface area contributed by atoms with Gasteiger partial charge in [0, 0.05) is 6.61 Å². The zero-order chi connectivity index (χ0) is 14.5. The van der Waals surface area contributed by atoms with Crippen LogP contribution in [0.3, 0.4) is 0 Å². The summed E-state index contributed by atoms with van der Waals surface area (Å²) >= 11 is 0. The lowest BCUT2D eigenvalue weighted by molar-refractivity contribution is -0.123. The van der Waals surface area contributed by atoms with Gasteiger partial charge in [0.25, 0.3) is 0 Å². The molecule has 1 aliphatic rings. The molecule has 1 aromatic rings. The van der Waals surface area contributed by atoms with E-state index >= 15 is 0 Å². The van der Waals surface area contributed by atoms with Crippen LogP contribution in [0.25, 0.3) is 0 Å². The molecule has 3 atom stereocenters. The number of hydrogen-bond donors (Lipinski definition) is 2. The Bertz CT molecular complexity index is 433. The summed E-state index contributed by atoms with van der Waals surface area (Å²) < 4.78 is 5.76. The van der Waals surface area contributed by atoms with Gasteiger partial charge in [0.2, 0.25) is 5.91 Å². The topological polar surface area (TPSA) is 64.4 Å². The highest BCUT2D eigenvalue weighted by Crippen LogP contribution is 2.29. The number of hydrogen-bond acceptors (Lipinski definition) is 3. The molecule has 1 amide bonds. The second-order valence-electron chi connectivity index (χ2n) is 5.84. The lowest BCUT2D eigenvalue weighted by Crippen LogP contribution is -2.46. The molecule has 0 saturated carbocycles. The minimum absolute atomic E-state index is 0.0168. The fraction of sp³-hybridized carbons (Fsp3) is 0.562. The number of nitrogens with one attached hydrogen (secondary N) is 1. The Morgan fingerprint density at radius 1 is 1.40 bits per heavy atom. The van der Waals surface area contributed by atoms with Crippen molar-refractivity contribution in [2.24, 2.45) is 11.7 Å². The molecule has 1 aliphatic heterocycles. The molecule has 1 saturated heterocycles. The highest BCUT2D eigenvalue weighted by Gasteiger charge is 2.31. The Morgan fingerprint density at radius 2 is 2.10 bits per heavy atom. The van der Waals surface area contributed by atoms with E-state index in [1.54, 1.807) is 0 Å². The SMILES string of the molecule is CC(C)C[C@H](N)C(=O)NC1CCOC1c1ccccc1. The van der Waals surface area contributed by atoms with Gasteiger partial charge in [0.1, 0.15) is 6.10 Å². The molecule has 2 unspecified atom stereocenters. The maximum Gasteiger partial charge on any atom is 0.237 e. The molecule has 110 valence electrons. The van der Waals surface area contributed by atoms with Gasteiger partial charge in [-0.15, -0.1) is 0 Å². The predicted octanol–water partition coefficient (Wildman–Crippen LogP) is 2.01. The van der Waals surface area contributed by atoms with E-state index in [1.807, 2.05) is 30.3 Å². The van der Waals surface area contributed by atoms with E-state index in [9.17, 15) is 4.79 Å². The molecule has 20 heavy (non-hydrogen) atoms. The van der Waals surface area contributed by atoms with E-state index in [0.29, 0.717) is 18.9 Å². The van der Waals surface area contributed by atoms with Crippen LogP contribution < -0.4 is 11.1 Å². The average molecular weight is 276 g/mol. The molecular formula is C16H24N2O2. The van der Waals surface area contributed by atoms with Crippen molar-refractivity contribution in [1.82, 2.24) is 5.32 Å². The molecule has 0 aliphatic carbocycles. The summed E-state index contributed by atoms with van der Waals surface area (Å²) in [6, 6.07) is 9.59. The number of ether oxygens (including phenoxy) is 1. The number of rotatable bonds is 5. The molecule has 0 bridgehead atoms. The lowest BCUT2D eigenvalue weighted by atomic mass is 10.00. The van der Waals surface area contributed by atoms with Crippen molar-refractivity contribution in [1.29, 1.82) is 0 Å². The summed E-state index contributed by atoms with van der Waals surface area (Å²) in [4.78, 5) is 12.1. The van der Waals surface area contributed by atoms with Gasteiger partial charge in [-0.2, -0.15) is 0 Å². The largest absolute Gasteiger partial charge is 0.371 e. The number of nitrogens with two attached hydrogens (primary N) is 1. The van der Waals surface area contributed by atoms with E-state index in [1.165, 1.54) is 0 Å². The Kier molecular flexibility index (Phi) is 5.15. The van der Waals surface area contributed by atoms with Crippen LogP contribution in [0, 0.1) is 5.92 Å². The first-order valence-corrected chi connectivity index (χ1v) is 7.30. The molecule has 0 radical (unpaired) electrons. The van der Waals surface area contributed by atoms with Gasteiger partial charge < -0.3 is 15.8 Å². The van der Waals surface area contributed by atoms with Gasteiger partial charge in [0.05, 0.1) is 12.1 Å². The van der Waals surface area contributed by atoms with Gasteiger partial charge >= 0.3 is 0 Å². The molecule has 1 aromatic carbocycles. The highest BCUT2D eigenvalue weighted by atomic mass is 16.5. The first kappa shape index (κ1) is 15.0. The lowest BCUT2D eigenvalue weighted by Gasteiger charge is -2.22. The van der Waals surface area contributed by atoms with Gasteiger partial charge in [-0.1, -0.05) is 44.2 Å². The third-order valence-electron chi connectivity index (χ3n) is 3.61. The summed E-state index contributed by atoms with van der Waals surface area (Å²) in [5, 5.41) is 3.04. The molecule has 2 rings (SSSR count). The first-order valence-electron chi connectivity index (χ1n) is 7.30. The average Bonchev–Trinajstić information content (AvgIpc) is 2.87. The predicted molar refractivity (Wildman–Crippen MR) is 79.1 cm³/mol. The quantitative estimate of drug-likeness (QED) is 0.864. The second kappa shape index (κ2) is 6.86. The van der Waals surface area contributed by atoms with Crippen LogP contribution in [0.1, 0.15) is 38.4 Å². The molecule has 1 heterocycles. The highest BCUT2D eigenvalue weighted by molar-refractivity contribution is 5.81. The minimum atomic E-state index is -0.438. The summed E-state index contributed by atoms with van der Waals surface area (Å²) in [5.41, 5.74) is 7.03. The third kappa shape index (κ3) is 3.81. The molecule has 0 aromatic heterocycles. The van der Waals surface area contributed by atoms with Gasteiger partial charge in [0.15, 0.2) is 0 Å². The summed E-state index contributed by atoms with van der Waals surface area (Å²) in [7, 11) is 0. The van der Waals surface area contributed by atoms with E-state index in [2.05, 4.69) is 19.2 Å². The smallest absolute Gasteiger partial charge is 0.237 e. The normalized spacial score (nSPS) is 23.8. The van der Waals surface area contributed by atoms with Crippen LogP contribution in [-0.2, 0) is 9.53 Å². The maximum absolute atomic E-state index is 12.1. The van der Waals surface area contributed by atoms with Crippen LogP contribution in [0.4, 0.5) is 0 Å². The Hall–Kier alpha value is -1.39. The van der Waals surface area contributed by atoms with Gasteiger partial charge in [-0.3, -0.25) is 4.79 Å². The number of carbonyl (C=O) groups is 1. The third-order valence-corrected chi connectivity index (χ3v) is 3.61. The Balaban J connectivity index is 1.96. The summed E-state index contributed by atoms with van der Waals surface area (Å²) in [6.07, 6.45) is 1.47. The zero-order valence-electron chi connectivity index (χ0n) is 12.2. The zero-order valence-corrected chi connectivity index (χ0v) is 12.2. The van der Waals surface area contributed by atoms with E-state index < -0.39 is 6.04 Å². The van der Waals surface area contributed by atoms with Crippen molar-refractivity contribution in [2.75, 3.05) is 6.61 Å². The monoisotopic (exact) mass is 276 g/mol. The minimum Gasteiger partial charge on any atom is -0.371 e. The van der Waals surface area contributed by atoms with E-state index in [-0.39, 0.29) is 18.1 Å². The van der Waals surface area contributed by atoms with Crippen molar-refractivity contribution < 1.29 is 9.53 Å². The molecule has 1 fully saturated rings. The van der Waals surface area contributed by atoms with Crippen LogP contribution >= 0.6 is 0 Å². The maximum atomic E-state index is 12.1. The fourth-order valence-corrected chi connectivity index (χ4v) is 2.61. The second-order valence-corrected chi connectivity index (χ2v) is 5.84. The molecular weight excluding hydrogens is 252 g/mol. The first-order chi connectivity index (χ1) is 9.58. The van der Waals surface area contributed by atoms with E-state index in [4.69, 9.17) is 10.5 Å². The van der Waals surface area contributed by atoms with Crippen molar-refractivity contribution >= 4 is 5.91 Å². The molecule has 0 spiro atoms. The van der Waals surface area contributed by atoms with E-state index in [0.717, 1.165) is 12.0 Å². The molecule has 4 nitrogen and oxygen atoms in total. The fourth-order valence-electron chi connectivity index (χ4n) is 2.61. The standard InChI is InChI=1S/C16H24N2O2/c1-11(2)10-13(17)16(19)18-14-8-9-20-15(14)12-6-4-3-5-7-12/h3-7,11,13-15H,8-10,17H2,1-2H3,(H,18,19)/t13-,14?,15?/m0/s1. The summed E-state index contributed by atoms with van der Waals surface area (Å²) in [5.74, 6) is 0.343. The Morgan fingerprint density at radius 3 is 2.75 bits per heavy atom. The summed E-state index contributed by atoms with van der Waals surface area (Å²) in [6.45, 7) is 4.81. The van der Waals surface area contributed by atoms with Gasteiger partial charge in [-0.05, 0) is 24.3 Å². The van der Waals surface area contributed by atoms with Crippen LogP contribution in [0.5, 0.6) is 0 Å². The number of carbonyl (C=O) groups excluding carboxylic acids is 1. The van der Waals surface area contributed by atoms with Crippen molar-refractivity contribution in [3.05, 3.63) is 35.9 Å². The van der Waals surface area contributed by atoms with Crippen molar-refractivity contribution in [3.63, 3.8) is 0 Å². The number of amides is 1. The molecule has 4 heteroatoms. The Labute approximate surface area is 120 Å². The number of benzene rings is 1. The van der Waals surface area contributed by atoms with Crippen LogP contribution in [-0.4, -0.2) is 24.6 Å².